The van der Waals surface area contributed by atoms with E-state index in [0.29, 0.717) is 0 Å². The zero-order valence-electron chi connectivity index (χ0n) is 12.5. The zero-order chi connectivity index (χ0) is 18.4. The van der Waals surface area contributed by atoms with Gasteiger partial charge in [-0.2, -0.15) is 18.2 Å². The molecule has 3 aromatic rings. The van der Waals surface area contributed by atoms with Crippen molar-refractivity contribution in [3.05, 3.63) is 47.2 Å². The number of hydrogen-bond donors (Lipinski definition) is 1. The zero-order valence-corrected chi connectivity index (χ0v) is 12.5. The Labute approximate surface area is 137 Å². The number of carbonyl (C=O) groups excluding carboxylic acids is 1. The van der Waals surface area contributed by atoms with Crippen molar-refractivity contribution in [1.29, 1.82) is 0 Å². The van der Waals surface area contributed by atoms with Crippen molar-refractivity contribution in [1.82, 2.24) is 14.5 Å². The number of fused-ring (bicyclic) bond motifs is 1. The SMILES string of the molecule is Cn1c(C(=O)[O-])[n+]([O-])c2c(Nc3cccc(C(F)(F)F)c3)ncnc21. The lowest BCUT2D eigenvalue weighted by atomic mass is 10.2. The van der Waals surface area contributed by atoms with Crippen molar-refractivity contribution >= 4 is 28.6 Å². The molecular weight excluding hydrogens is 343 g/mol. The van der Waals surface area contributed by atoms with Crippen molar-refractivity contribution in [3.8, 4) is 0 Å². The van der Waals surface area contributed by atoms with E-state index < -0.39 is 23.5 Å². The fourth-order valence-electron chi connectivity index (χ4n) is 2.37. The van der Waals surface area contributed by atoms with Crippen molar-refractivity contribution in [2.24, 2.45) is 7.05 Å². The fraction of sp³-hybridized carbons (Fsp3) is 0.143. The van der Waals surface area contributed by atoms with Gasteiger partial charge in [0.2, 0.25) is 5.52 Å². The van der Waals surface area contributed by atoms with Crippen LogP contribution in [0.4, 0.5) is 24.7 Å². The second-order valence-corrected chi connectivity index (χ2v) is 5.06. The van der Waals surface area contributed by atoms with Crippen LogP contribution < -0.4 is 15.2 Å². The van der Waals surface area contributed by atoms with Crippen LogP contribution in [0.3, 0.4) is 0 Å². The minimum Gasteiger partial charge on any atom is -0.710 e. The van der Waals surface area contributed by atoms with Gasteiger partial charge in [-0.1, -0.05) is 6.07 Å². The number of aryl methyl sites for hydroxylation is 1. The highest BCUT2D eigenvalue weighted by Crippen LogP contribution is 2.31. The second-order valence-electron chi connectivity index (χ2n) is 5.06. The highest BCUT2D eigenvalue weighted by Gasteiger charge is 2.30. The quantitative estimate of drug-likeness (QED) is 0.550. The lowest BCUT2D eigenvalue weighted by Crippen LogP contribution is -2.40. The number of benzene rings is 1. The highest BCUT2D eigenvalue weighted by atomic mass is 19.4. The largest absolute Gasteiger partial charge is 0.710 e. The molecule has 0 amide bonds. The Morgan fingerprint density at radius 3 is 2.68 bits per heavy atom. The third-order valence-corrected chi connectivity index (χ3v) is 3.47. The van der Waals surface area contributed by atoms with Crippen molar-refractivity contribution in [2.45, 2.75) is 6.18 Å². The number of carbonyl (C=O) groups is 1. The maximum atomic E-state index is 12.8. The van der Waals surface area contributed by atoms with Crippen LogP contribution in [-0.4, -0.2) is 20.5 Å². The monoisotopic (exact) mass is 352 g/mol. The van der Waals surface area contributed by atoms with E-state index in [1.807, 2.05) is 0 Å². The first-order valence-corrected chi connectivity index (χ1v) is 6.78. The molecule has 0 spiro atoms. The van der Waals surface area contributed by atoms with Gasteiger partial charge in [-0.15, -0.1) is 0 Å². The first kappa shape index (κ1) is 16.5. The Bertz CT molecular complexity index is 984. The summed E-state index contributed by atoms with van der Waals surface area (Å²) >= 11 is 0. The van der Waals surface area contributed by atoms with E-state index in [4.69, 9.17) is 0 Å². The summed E-state index contributed by atoms with van der Waals surface area (Å²) in [5, 5.41) is 25.9. The molecule has 0 aliphatic rings. The van der Waals surface area contributed by atoms with E-state index in [1.54, 1.807) is 0 Å². The summed E-state index contributed by atoms with van der Waals surface area (Å²) in [6.07, 6.45) is -3.48. The number of alkyl halides is 3. The summed E-state index contributed by atoms with van der Waals surface area (Å²) < 4.78 is 39.4. The Kier molecular flexibility index (Phi) is 3.70. The maximum absolute atomic E-state index is 12.8. The minimum absolute atomic E-state index is 0.0151. The van der Waals surface area contributed by atoms with E-state index in [-0.39, 0.29) is 27.4 Å². The Hall–Kier alpha value is -3.37. The van der Waals surface area contributed by atoms with Crippen LogP contribution in [-0.2, 0) is 13.2 Å². The van der Waals surface area contributed by atoms with Gasteiger partial charge in [0.25, 0.3) is 5.65 Å². The topological polar surface area (TPSA) is 110 Å². The number of aromatic nitrogens is 4. The van der Waals surface area contributed by atoms with Crippen LogP contribution in [0.25, 0.3) is 11.2 Å². The number of nitrogens with one attached hydrogen (secondary N) is 1. The Balaban J connectivity index is 2.12. The number of anilines is 2. The first-order chi connectivity index (χ1) is 11.7. The third kappa shape index (κ3) is 2.79. The smallest absolute Gasteiger partial charge is 0.416 e. The molecule has 130 valence electrons. The maximum Gasteiger partial charge on any atom is 0.416 e. The van der Waals surface area contributed by atoms with Gasteiger partial charge in [0.15, 0.2) is 11.8 Å². The third-order valence-electron chi connectivity index (χ3n) is 3.47. The summed E-state index contributed by atoms with van der Waals surface area (Å²) in [6.45, 7) is 0. The van der Waals surface area contributed by atoms with Gasteiger partial charge < -0.3 is 20.4 Å². The molecule has 25 heavy (non-hydrogen) atoms. The first-order valence-electron chi connectivity index (χ1n) is 6.78. The van der Waals surface area contributed by atoms with Crippen LogP contribution >= 0.6 is 0 Å². The molecule has 1 N–H and O–H groups in total. The van der Waals surface area contributed by atoms with Gasteiger partial charge >= 0.3 is 12.0 Å². The molecule has 1 aromatic carbocycles. The minimum atomic E-state index is -4.54. The molecule has 11 heteroatoms. The predicted molar refractivity (Wildman–Crippen MR) is 76.5 cm³/mol. The molecule has 0 fully saturated rings. The van der Waals surface area contributed by atoms with E-state index in [9.17, 15) is 28.3 Å². The summed E-state index contributed by atoms with van der Waals surface area (Å²) in [5.74, 6) is -2.56. The summed E-state index contributed by atoms with van der Waals surface area (Å²) in [4.78, 5) is 18.7. The number of imidazole rings is 1. The van der Waals surface area contributed by atoms with E-state index in [0.717, 1.165) is 23.0 Å². The second kappa shape index (κ2) is 5.61. The Morgan fingerprint density at radius 1 is 1.32 bits per heavy atom. The molecule has 0 aliphatic carbocycles. The normalized spacial score (nSPS) is 11.7. The van der Waals surface area contributed by atoms with Crippen LogP contribution in [0.15, 0.2) is 30.6 Å². The van der Waals surface area contributed by atoms with Gasteiger partial charge in [0.1, 0.15) is 6.33 Å². The molecule has 0 saturated carbocycles. The fourth-order valence-corrected chi connectivity index (χ4v) is 2.37. The number of carboxylic acids is 1. The van der Waals surface area contributed by atoms with Crippen LogP contribution in [0.5, 0.6) is 0 Å². The molecular formula is C14H9F3N5O3-. The number of aromatic carboxylic acids is 1. The van der Waals surface area contributed by atoms with Crippen molar-refractivity contribution < 1.29 is 27.8 Å². The molecule has 0 unspecified atom stereocenters. The van der Waals surface area contributed by atoms with Gasteiger partial charge in [-0.05, 0) is 18.2 Å². The average molecular weight is 352 g/mol. The number of rotatable bonds is 3. The van der Waals surface area contributed by atoms with Gasteiger partial charge in [-0.25, -0.2) is 14.3 Å². The molecule has 0 aliphatic heterocycles. The molecule has 0 saturated heterocycles. The summed E-state index contributed by atoms with van der Waals surface area (Å²) in [5.41, 5.74) is -1.12. The lowest BCUT2D eigenvalue weighted by molar-refractivity contribution is -0.584. The van der Waals surface area contributed by atoms with E-state index in [1.165, 1.54) is 19.2 Å². The molecule has 3 rings (SSSR count). The predicted octanol–water partition coefficient (Wildman–Crippen LogP) is 0.728. The molecule has 0 atom stereocenters. The van der Waals surface area contributed by atoms with Gasteiger partial charge in [0, 0.05) is 5.69 Å². The lowest BCUT2D eigenvalue weighted by Gasteiger charge is -2.10. The highest BCUT2D eigenvalue weighted by molar-refractivity contribution is 5.88. The van der Waals surface area contributed by atoms with E-state index in [2.05, 4.69) is 15.3 Å². The number of carboxylic acid groups (broad SMARTS) is 1. The summed E-state index contributed by atoms with van der Waals surface area (Å²) in [7, 11) is 1.29. The van der Waals surface area contributed by atoms with E-state index >= 15 is 0 Å². The molecule has 0 radical (unpaired) electrons. The van der Waals surface area contributed by atoms with Crippen LogP contribution in [0.2, 0.25) is 0 Å². The molecule has 8 nitrogen and oxygen atoms in total. The number of halogens is 3. The van der Waals surface area contributed by atoms with Gasteiger partial charge in [0.05, 0.1) is 12.6 Å². The summed E-state index contributed by atoms with van der Waals surface area (Å²) in [6, 6.07) is 4.27. The standard InChI is InChI=1S/C14H10F3N5O3/c1-21-11-9(22(25)12(21)13(23)24)10(18-6-19-11)20-8-4-2-3-7(5-8)14(15,16)17/h2-6H,1H3,(H,23,24)(H,18,19,20)/p-1. The molecule has 0 bridgehead atoms. The van der Waals surface area contributed by atoms with Gasteiger partial charge in [-0.3, -0.25) is 0 Å². The Morgan fingerprint density at radius 2 is 2.04 bits per heavy atom. The van der Waals surface area contributed by atoms with Crippen molar-refractivity contribution in [2.75, 3.05) is 5.32 Å². The number of nitrogens with zero attached hydrogens (tertiary/aromatic N) is 4. The van der Waals surface area contributed by atoms with Crippen LogP contribution in [0, 0.1) is 5.21 Å². The van der Waals surface area contributed by atoms with Crippen LogP contribution in [0.1, 0.15) is 16.2 Å². The average Bonchev–Trinajstić information content (AvgIpc) is 2.79. The molecule has 2 aromatic heterocycles. The van der Waals surface area contributed by atoms with Crippen molar-refractivity contribution in [3.63, 3.8) is 0 Å². The number of hydrogen-bond acceptors (Lipinski definition) is 6. The molecule has 2 heterocycles.